The second kappa shape index (κ2) is 5.42. The van der Waals surface area contributed by atoms with Crippen LogP contribution in [0.2, 0.25) is 0 Å². The first-order valence-electron chi connectivity index (χ1n) is 8.09. The van der Waals surface area contributed by atoms with Gasteiger partial charge in [0.2, 0.25) is 0 Å². The van der Waals surface area contributed by atoms with Crippen molar-refractivity contribution in [3.8, 4) is 0 Å². The fourth-order valence-corrected chi connectivity index (χ4v) is 4.21. The summed E-state index contributed by atoms with van der Waals surface area (Å²) < 4.78 is 0. The molecule has 0 amide bonds. The molecule has 1 heterocycles. The first kappa shape index (κ1) is 14.5. The number of hydrogen-bond donors (Lipinski definition) is 1. The van der Waals surface area contributed by atoms with E-state index in [0.717, 1.165) is 12.3 Å². The highest BCUT2D eigenvalue weighted by Crippen LogP contribution is 2.43. The number of benzene rings is 1. The van der Waals surface area contributed by atoms with Crippen LogP contribution in [-0.4, -0.2) is 11.0 Å². The monoisotopic (exact) mass is 282 g/mol. The minimum atomic E-state index is 0.0976. The van der Waals surface area contributed by atoms with E-state index >= 15 is 0 Å². The lowest BCUT2D eigenvalue weighted by Crippen LogP contribution is -2.45. The minimum Gasteiger partial charge on any atom is -0.327 e. The maximum atomic E-state index is 6.52. The maximum absolute atomic E-state index is 6.52. The largest absolute Gasteiger partial charge is 0.327 e. The number of hydrogen-bond acceptors (Lipinski definition) is 2. The van der Waals surface area contributed by atoms with E-state index in [9.17, 15) is 0 Å². The van der Waals surface area contributed by atoms with E-state index in [1.165, 1.54) is 29.2 Å². The summed E-state index contributed by atoms with van der Waals surface area (Å²) in [6.45, 7) is 7.05. The maximum Gasteiger partial charge on any atom is 0.0346 e. The molecule has 0 spiro atoms. The summed E-state index contributed by atoms with van der Waals surface area (Å²) in [6, 6.07) is 9.01. The van der Waals surface area contributed by atoms with Crippen LogP contribution in [-0.2, 0) is 5.41 Å². The molecule has 3 atom stereocenters. The first-order chi connectivity index (χ1) is 10.00. The van der Waals surface area contributed by atoms with Crippen molar-refractivity contribution in [2.75, 3.05) is 0 Å². The molecule has 2 aromatic rings. The third-order valence-electron chi connectivity index (χ3n) is 5.46. The Labute approximate surface area is 127 Å². The predicted molar refractivity (Wildman–Crippen MR) is 89.2 cm³/mol. The molecule has 1 saturated carbocycles. The van der Waals surface area contributed by atoms with Crippen molar-refractivity contribution in [2.24, 2.45) is 17.6 Å². The quantitative estimate of drug-likeness (QED) is 0.893. The average Bonchev–Trinajstić information content (AvgIpc) is 2.46. The molecule has 1 aliphatic carbocycles. The number of nitrogens with two attached hydrogens (primary N) is 1. The number of pyridine rings is 1. The van der Waals surface area contributed by atoms with Crippen LogP contribution in [0.15, 0.2) is 36.7 Å². The first-order valence-corrected chi connectivity index (χ1v) is 8.09. The topological polar surface area (TPSA) is 38.9 Å². The van der Waals surface area contributed by atoms with Crippen molar-refractivity contribution in [1.82, 2.24) is 4.98 Å². The molecular weight excluding hydrogens is 256 g/mol. The van der Waals surface area contributed by atoms with Crippen molar-refractivity contribution >= 4 is 10.8 Å². The van der Waals surface area contributed by atoms with Gasteiger partial charge in [0.15, 0.2) is 0 Å². The van der Waals surface area contributed by atoms with E-state index < -0.39 is 0 Å². The lowest BCUT2D eigenvalue weighted by atomic mass is 9.63. The molecule has 0 aliphatic heterocycles. The molecule has 21 heavy (non-hydrogen) atoms. The zero-order valence-corrected chi connectivity index (χ0v) is 13.3. The summed E-state index contributed by atoms with van der Waals surface area (Å²) in [4.78, 5) is 4.25. The van der Waals surface area contributed by atoms with Gasteiger partial charge in [-0.25, -0.2) is 0 Å². The molecule has 3 unspecified atom stereocenters. The molecular formula is C19H26N2. The van der Waals surface area contributed by atoms with E-state index in [2.05, 4.69) is 50.0 Å². The average molecular weight is 282 g/mol. The summed E-state index contributed by atoms with van der Waals surface area (Å²) in [5.41, 5.74) is 8.04. The van der Waals surface area contributed by atoms with Gasteiger partial charge in [-0.2, -0.15) is 0 Å². The molecule has 2 nitrogen and oxygen atoms in total. The van der Waals surface area contributed by atoms with Crippen LogP contribution in [0.25, 0.3) is 10.8 Å². The zero-order chi connectivity index (χ0) is 15.0. The van der Waals surface area contributed by atoms with E-state index in [4.69, 9.17) is 5.73 Å². The smallest absolute Gasteiger partial charge is 0.0346 e. The minimum absolute atomic E-state index is 0.0976. The third kappa shape index (κ3) is 2.57. The zero-order valence-electron chi connectivity index (χ0n) is 13.3. The van der Waals surface area contributed by atoms with Crippen LogP contribution in [0.4, 0.5) is 0 Å². The normalized spacial score (nSPS) is 27.0. The van der Waals surface area contributed by atoms with Crippen molar-refractivity contribution in [3.63, 3.8) is 0 Å². The number of fused-ring (bicyclic) bond motifs is 1. The van der Waals surface area contributed by atoms with Gasteiger partial charge in [0.05, 0.1) is 0 Å². The Morgan fingerprint density at radius 1 is 1.19 bits per heavy atom. The van der Waals surface area contributed by atoms with Gasteiger partial charge in [-0.05, 0) is 47.1 Å². The Kier molecular flexibility index (Phi) is 3.75. The van der Waals surface area contributed by atoms with Crippen molar-refractivity contribution in [2.45, 2.75) is 51.5 Å². The number of rotatable bonds is 2. The summed E-state index contributed by atoms with van der Waals surface area (Å²) >= 11 is 0. The Morgan fingerprint density at radius 2 is 2.00 bits per heavy atom. The van der Waals surface area contributed by atoms with Crippen LogP contribution in [0.3, 0.4) is 0 Å². The van der Waals surface area contributed by atoms with Gasteiger partial charge in [0.25, 0.3) is 0 Å². The molecule has 1 aliphatic rings. The van der Waals surface area contributed by atoms with Gasteiger partial charge in [0.1, 0.15) is 0 Å². The van der Waals surface area contributed by atoms with E-state index in [1.54, 1.807) is 0 Å². The lowest BCUT2D eigenvalue weighted by Gasteiger charge is -2.43. The van der Waals surface area contributed by atoms with E-state index in [0.29, 0.717) is 12.0 Å². The molecule has 1 fully saturated rings. The standard InChI is InChI=1S/C19H26N2/c1-13-7-8-17(18(20)11-13)19(2,3)16-6-4-5-14-12-21-10-9-15(14)16/h4-6,9-10,12-13,17-18H,7-8,11,20H2,1-3H3. The van der Waals surface area contributed by atoms with Gasteiger partial charge in [-0.1, -0.05) is 45.4 Å². The predicted octanol–water partition coefficient (Wildman–Crippen LogP) is 4.28. The Balaban J connectivity index is 2.04. The van der Waals surface area contributed by atoms with Crippen LogP contribution in [0.1, 0.15) is 45.6 Å². The van der Waals surface area contributed by atoms with Crippen LogP contribution < -0.4 is 5.73 Å². The van der Waals surface area contributed by atoms with E-state index in [-0.39, 0.29) is 5.41 Å². The van der Waals surface area contributed by atoms with Gasteiger partial charge in [-0.15, -0.1) is 0 Å². The van der Waals surface area contributed by atoms with Gasteiger partial charge in [0, 0.05) is 23.8 Å². The fourth-order valence-electron chi connectivity index (χ4n) is 4.21. The third-order valence-corrected chi connectivity index (χ3v) is 5.46. The summed E-state index contributed by atoms with van der Waals surface area (Å²) in [6.07, 6.45) is 7.54. The summed E-state index contributed by atoms with van der Waals surface area (Å²) in [5, 5.41) is 2.55. The summed E-state index contributed by atoms with van der Waals surface area (Å²) in [5.74, 6) is 1.32. The fraction of sp³-hybridized carbons (Fsp3) is 0.526. The molecule has 3 rings (SSSR count). The second-order valence-corrected chi connectivity index (χ2v) is 7.31. The van der Waals surface area contributed by atoms with Crippen LogP contribution >= 0.6 is 0 Å². The molecule has 112 valence electrons. The van der Waals surface area contributed by atoms with E-state index in [1.807, 2.05) is 12.4 Å². The SMILES string of the molecule is CC1CCC(C(C)(C)c2cccc3cnccc23)C(N)C1. The van der Waals surface area contributed by atoms with Crippen molar-refractivity contribution < 1.29 is 0 Å². The molecule has 1 aromatic carbocycles. The van der Waals surface area contributed by atoms with Crippen LogP contribution in [0.5, 0.6) is 0 Å². The van der Waals surface area contributed by atoms with Crippen molar-refractivity contribution in [1.29, 1.82) is 0 Å². The Hall–Kier alpha value is -1.41. The molecule has 0 radical (unpaired) electrons. The highest BCUT2D eigenvalue weighted by Gasteiger charge is 2.38. The lowest BCUT2D eigenvalue weighted by molar-refractivity contribution is 0.172. The molecule has 2 heteroatoms. The Bertz CT molecular complexity index is 627. The van der Waals surface area contributed by atoms with Gasteiger partial charge < -0.3 is 5.73 Å². The van der Waals surface area contributed by atoms with Gasteiger partial charge in [-0.3, -0.25) is 4.98 Å². The molecule has 2 N–H and O–H groups in total. The summed E-state index contributed by atoms with van der Waals surface area (Å²) in [7, 11) is 0. The second-order valence-electron chi connectivity index (χ2n) is 7.31. The molecule has 1 aromatic heterocycles. The number of aromatic nitrogens is 1. The Morgan fingerprint density at radius 3 is 2.76 bits per heavy atom. The highest BCUT2D eigenvalue weighted by molar-refractivity contribution is 5.85. The van der Waals surface area contributed by atoms with Crippen LogP contribution in [0, 0.1) is 11.8 Å². The van der Waals surface area contributed by atoms with Gasteiger partial charge >= 0.3 is 0 Å². The number of nitrogens with zero attached hydrogens (tertiary/aromatic N) is 1. The highest BCUT2D eigenvalue weighted by atomic mass is 14.7. The molecule has 0 bridgehead atoms. The van der Waals surface area contributed by atoms with Crippen molar-refractivity contribution in [3.05, 3.63) is 42.2 Å². The molecule has 0 saturated heterocycles.